The van der Waals surface area contributed by atoms with Crippen LogP contribution in [0.4, 0.5) is 5.69 Å². The molecule has 106 valence electrons. The van der Waals surface area contributed by atoms with E-state index in [0.717, 1.165) is 4.47 Å². The molecular weight excluding hydrogens is 334 g/mol. The molecule has 0 fully saturated rings. The van der Waals surface area contributed by atoms with Crippen LogP contribution in [0, 0.1) is 0 Å². The molecule has 4 nitrogen and oxygen atoms in total. The SMILES string of the molecule is O=C(Nc1ccccc1)C1(O)Cc2cc(Br)ccc2C1=O. The second-order valence-electron chi connectivity index (χ2n) is 4.99. The third kappa shape index (κ3) is 2.39. The van der Waals surface area contributed by atoms with Gasteiger partial charge in [-0.3, -0.25) is 9.59 Å². The molecule has 2 N–H and O–H groups in total. The fraction of sp³-hybridized carbons (Fsp3) is 0.125. The minimum atomic E-state index is -2.04. The summed E-state index contributed by atoms with van der Waals surface area (Å²) in [6, 6.07) is 13.8. The van der Waals surface area contributed by atoms with E-state index in [-0.39, 0.29) is 6.42 Å². The number of para-hydroxylation sites is 1. The normalized spacial score (nSPS) is 20.2. The number of halogens is 1. The van der Waals surface area contributed by atoms with Gasteiger partial charge in [-0.05, 0) is 35.9 Å². The molecule has 0 spiro atoms. The molecule has 1 atom stereocenters. The number of carbonyl (C=O) groups is 2. The van der Waals surface area contributed by atoms with E-state index < -0.39 is 17.3 Å². The Bertz CT molecular complexity index is 730. The average Bonchev–Trinajstić information content (AvgIpc) is 2.72. The molecule has 0 aromatic heterocycles. The molecule has 0 saturated carbocycles. The molecule has 2 aromatic carbocycles. The molecule has 1 amide bonds. The summed E-state index contributed by atoms with van der Waals surface area (Å²) in [5, 5.41) is 13.1. The van der Waals surface area contributed by atoms with Crippen molar-refractivity contribution < 1.29 is 14.7 Å². The zero-order valence-corrected chi connectivity index (χ0v) is 12.6. The van der Waals surface area contributed by atoms with Crippen molar-refractivity contribution >= 4 is 33.3 Å². The number of hydrogen-bond acceptors (Lipinski definition) is 3. The summed E-state index contributed by atoms with van der Waals surface area (Å²) < 4.78 is 0.807. The summed E-state index contributed by atoms with van der Waals surface area (Å²) in [4.78, 5) is 24.6. The van der Waals surface area contributed by atoms with E-state index in [2.05, 4.69) is 21.2 Å². The maximum atomic E-state index is 12.3. The van der Waals surface area contributed by atoms with Crippen molar-refractivity contribution in [3.63, 3.8) is 0 Å². The zero-order chi connectivity index (χ0) is 15.0. The van der Waals surface area contributed by atoms with Gasteiger partial charge >= 0.3 is 0 Å². The van der Waals surface area contributed by atoms with E-state index in [9.17, 15) is 14.7 Å². The standard InChI is InChI=1S/C16H12BrNO3/c17-11-6-7-13-10(8-11)9-16(21,14(13)19)15(20)18-12-4-2-1-3-5-12/h1-8,21H,9H2,(H,18,20). The van der Waals surface area contributed by atoms with Crippen molar-refractivity contribution in [1.82, 2.24) is 0 Å². The average molecular weight is 346 g/mol. The zero-order valence-electron chi connectivity index (χ0n) is 11.0. The lowest BCUT2D eigenvalue weighted by molar-refractivity contribution is -0.129. The smallest absolute Gasteiger partial charge is 0.264 e. The van der Waals surface area contributed by atoms with Crippen LogP contribution in [0.3, 0.4) is 0 Å². The number of carbonyl (C=O) groups excluding carboxylic acids is 2. The number of fused-ring (bicyclic) bond motifs is 1. The Hall–Kier alpha value is -1.98. The molecule has 0 saturated heterocycles. The van der Waals surface area contributed by atoms with Crippen LogP contribution in [0.5, 0.6) is 0 Å². The molecule has 21 heavy (non-hydrogen) atoms. The summed E-state index contributed by atoms with van der Waals surface area (Å²) in [6.07, 6.45) is -0.0146. The van der Waals surface area contributed by atoms with Gasteiger partial charge in [-0.2, -0.15) is 0 Å². The molecule has 2 aromatic rings. The molecule has 1 aliphatic rings. The maximum Gasteiger partial charge on any atom is 0.264 e. The van der Waals surface area contributed by atoms with Gasteiger partial charge in [-0.1, -0.05) is 34.1 Å². The van der Waals surface area contributed by atoms with Gasteiger partial charge in [-0.25, -0.2) is 0 Å². The lowest BCUT2D eigenvalue weighted by Crippen LogP contribution is -2.48. The summed E-state index contributed by atoms with van der Waals surface area (Å²) >= 11 is 3.32. The van der Waals surface area contributed by atoms with Crippen LogP contribution in [-0.4, -0.2) is 22.4 Å². The fourth-order valence-corrected chi connectivity index (χ4v) is 2.86. The Morgan fingerprint density at radius 3 is 2.62 bits per heavy atom. The van der Waals surface area contributed by atoms with Crippen molar-refractivity contribution in [1.29, 1.82) is 0 Å². The van der Waals surface area contributed by atoms with Crippen LogP contribution >= 0.6 is 15.9 Å². The van der Waals surface area contributed by atoms with E-state index in [1.54, 1.807) is 42.5 Å². The highest BCUT2D eigenvalue weighted by atomic mass is 79.9. The molecule has 0 bridgehead atoms. The summed E-state index contributed by atoms with van der Waals surface area (Å²) in [7, 11) is 0. The molecule has 3 rings (SSSR count). The maximum absolute atomic E-state index is 12.3. The van der Waals surface area contributed by atoms with Crippen LogP contribution in [0.15, 0.2) is 53.0 Å². The number of Topliss-reactive ketones (excluding diaryl/α,β-unsaturated/α-hetero) is 1. The first kappa shape index (κ1) is 14.0. The second-order valence-corrected chi connectivity index (χ2v) is 5.90. The number of ketones is 1. The Morgan fingerprint density at radius 1 is 1.19 bits per heavy atom. The van der Waals surface area contributed by atoms with Crippen LogP contribution in [-0.2, 0) is 11.2 Å². The molecule has 1 unspecified atom stereocenters. The van der Waals surface area contributed by atoms with E-state index >= 15 is 0 Å². The van der Waals surface area contributed by atoms with Gasteiger partial charge in [0.25, 0.3) is 5.91 Å². The Balaban J connectivity index is 1.89. The lowest BCUT2D eigenvalue weighted by atomic mass is 9.98. The minimum absolute atomic E-state index is 0.0146. The number of rotatable bonds is 2. The highest BCUT2D eigenvalue weighted by molar-refractivity contribution is 9.10. The van der Waals surface area contributed by atoms with Crippen molar-refractivity contribution in [3.05, 3.63) is 64.1 Å². The van der Waals surface area contributed by atoms with Crippen LogP contribution in [0.25, 0.3) is 0 Å². The molecule has 0 heterocycles. The molecule has 5 heteroatoms. The second kappa shape index (κ2) is 5.09. The van der Waals surface area contributed by atoms with E-state index in [1.807, 2.05) is 6.07 Å². The van der Waals surface area contributed by atoms with Gasteiger partial charge < -0.3 is 10.4 Å². The topological polar surface area (TPSA) is 66.4 Å². The number of benzene rings is 2. The van der Waals surface area contributed by atoms with Gasteiger partial charge in [0.15, 0.2) is 0 Å². The highest BCUT2D eigenvalue weighted by Crippen LogP contribution is 2.33. The van der Waals surface area contributed by atoms with Crippen LogP contribution < -0.4 is 5.32 Å². The summed E-state index contributed by atoms with van der Waals surface area (Å²) in [5.41, 5.74) is -0.441. The van der Waals surface area contributed by atoms with E-state index in [0.29, 0.717) is 16.8 Å². The van der Waals surface area contributed by atoms with Crippen molar-refractivity contribution in [2.24, 2.45) is 0 Å². The van der Waals surface area contributed by atoms with Crippen molar-refractivity contribution in [2.75, 3.05) is 5.32 Å². The van der Waals surface area contributed by atoms with Gasteiger partial charge in [0.05, 0.1) is 0 Å². The minimum Gasteiger partial charge on any atom is -0.373 e. The molecular formula is C16H12BrNO3. The molecule has 0 radical (unpaired) electrons. The number of aliphatic hydroxyl groups is 1. The van der Waals surface area contributed by atoms with Crippen LogP contribution in [0.1, 0.15) is 15.9 Å². The third-order valence-corrected chi connectivity index (χ3v) is 4.03. The van der Waals surface area contributed by atoms with Gasteiger partial charge in [0.2, 0.25) is 11.4 Å². The number of amides is 1. The fourth-order valence-electron chi connectivity index (χ4n) is 2.45. The predicted molar refractivity (Wildman–Crippen MR) is 82.2 cm³/mol. The quantitative estimate of drug-likeness (QED) is 0.822. The third-order valence-electron chi connectivity index (χ3n) is 3.54. The first-order chi connectivity index (χ1) is 10.0. The van der Waals surface area contributed by atoms with Crippen LogP contribution in [0.2, 0.25) is 0 Å². The van der Waals surface area contributed by atoms with Gasteiger partial charge in [-0.15, -0.1) is 0 Å². The first-order valence-electron chi connectivity index (χ1n) is 6.43. The molecule has 0 aliphatic heterocycles. The Labute approximate surface area is 129 Å². The highest BCUT2D eigenvalue weighted by Gasteiger charge is 2.50. The monoisotopic (exact) mass is 345 g/mol. The van der Waals surface area contributed by atoms with Crippen molar-refractivity contribution in [3.8, 4) is 0 Å². The van der Waals surface area contributed by atoms with Gasteiger partial charge in [0, 0.05) is 22.1 Å². The van der Waals surface area contributed by atoms with E-state index in [4.69, 9.17) is 0 Å². The Morgan fingerprint density at radius 2 is 1.90 bits per heavy atom. The number of nitrogens with one attached hydrogen (secondary N) is 1. The number of anilines is 1. The lowest BCUT2D eigenvalue weighted by Gasteiger charge is -2.19. The van der Waals surface area contributed by atoms with Crippen molar-refractivity contribution in [2.45, 2.75) is 12.0 Å². The largest absolute Gasteiger partial charge is 0.373 e. The van der Waals surface area contributed by atoms with E-state index in [1.165, 1.54) is 0 Å². The Kier molecular flexibility index (Phi) is 3.39. The molecule has 1 aliphatic carbocycles. The number of hydrogen-bond donors (Lipinski definition) is 2. The summed E-state index contributed by atoms with van der Waals surface area (Å²) in [5.74, 6) is -1.26. The summed E-state index contributed by atoms with van der Waals surface area (Å²) in [6.45, 7) is 0. The first-order valence-corrected chi connectivity index (χ1v) is 7.22. The predicted octanol–water partition coefficient (Wildman–Crippen LogP) is 2.56. The van der Waals surface area contributed by atoms with Gasteiger partial charge in [0.1, 0.15) is 0 Å².